The monoisotopic (exact) mass is 388 g/mol. The average Bonchev–Trinajstić information content (AvgIpc) is 2.88. The lowest BCUT2D eigenvalue weighted by atomic mass is 10.4. The molecule has 0 radical (unpaired) electrons. The smallest absolute Gasteiger partial charge is 0.230 e. The van der Waals surface area contributed by atoms with E-state index in [0.717, 1.165) is 4.68 Å². The van der Waals surface area contributed by atoms with E-state index < -0.39 is 20.0 Å². The second-order valence-corrected chi connectivity index (χ2v) is 8.41. The first-order valence-corrected chi connectivity index (χ1v) is 8.38. The van der Waals surface area contributed by atoms with Gasteiger partial charge in [0.15, 0.2) is 6.17 Å². The molecule has 0 aliphatic rings. The lowest BCUT2D eigenvalue weighted by Crippen LogP contribution is -2.40. The van der Waals surface area contributed by atoms with Crippen LogP contribution in [0.25, 0.3) is 0 Å². The van der Waals surface area contributed by atoms with Crippen molar-refractivity contribution >= 4 is 56.4 Å². The maximum Gasteiger partial charge on any atom is 0.242 e. The van der Waals surface area contributed by atoms with Crippen LogP contribution in [0.1, 0.15) is 6.17 Å². The van der Waals surface area contributed by atoms with Gasteiger partial charge in [0.1, 0.15) is 12.7 Å². The van der Waals surface area contributed by atoms with Gasteiger partial charge in [-0.15, -0.1) is 0 Å². The molecule has 0 fully saturated rings. The highest BCUT2D eigenvalue weighted by atomic mass is 35.6. The number of hydrogen-bond donors (Lipinski definition) is 1. The summed E-state index contributed by atoms with van der Waals surface area (Å²) in [5, 5.41) is 4.18. The van der Waals surface area contributed by atoms with Crippen molar-refractivity contribution in [3.05, 3.63) is 41.9 Å². The largest absolute Gasteiger partial charge is 0.242 e. The molecule has 0 saturated carbocycles. The second kappa shape index (κ2) is 6.28. The summed E-state index contributed by atoms with van der Waals surface area (Å²) in [6.07, 6.45) is 1.17. The third-order valence-corrected chi connectivity index (χ3v) is 4.70. The molecule has 21 heavy (non-hydrogen) atoms. The van der Waals surface area contributed by atoms with Gasteiger partial charge in [-0.3, -0.25) is 0 Å². The third-order valence-electron chi connectivity index (χ3n) is 2.40. The van der Waals surface area contributed by atoms with Crippen LogP contribution in [-0.4, -0.2) is 27.0 Å². The van der Waals surface area contributed by atoms with Crippen molar-refractivity contribution < 1.29 is 8.42 Å². The van der Waals surface area contributed by atoms with Gasteiger partial charge in [-0.2, -0.15) is 9.82 Å². The quantitative estimate of drug-likeness (QED) is 0.815. The van der Waals surface area contributed by atoms with Crippen LogP contribution >= 0.6 is 46.4 Å². The molecule has 1 aromatic carbocycles. The number of halogens is 4. The zero-order valence-corrected chi connectivity index (χ0v) is 14.0. The molecule has 2 aromatic rings. The van der Waals surface area contributed by atoms with Crippen molar-refractivity contribution in [3.63, 3.8) is 0 Å². The van der Waals surface area contributed by atoms with Crippen molar-refractivity contribution in [1.29, 1.82) is 0 Å². The van der Waals surface area contributed by atoms with Crippen molar-refractivity contribution in [2.24, 2.45) is 0 Å². The van der Waals surface area contributed by atoms with Crippen molar-refractivity contribution in [2.45, 2.75) is 14.9 Å². The molecule has 6 nitrogen and oxygen atoms in total. The minimum atomic E-state index is -3.94. The third kappa shape index (κ3) is 4.21. The summed E-state index contributed by atoms with van der Waals surface area (Å²) in [5.41, 5.74) is 0. The molecule has 0 amide bonds. The fourth-order valence-corrected chi connectivity index (χ4v) is 3.44. The van der Waals surface area contributed by atoms with Gasteiger partial charge in [0.25, 0.3) is 0 Å². The van der Waals surface area contributed by atoms with E-state index >= 15 is 0 Å². The number of nitrogens with zero attached hydrogens (tertiary/aromatic N) is 3. The lowest BCUT2D eigenvalue weighted by Gasteiger charge is -2.25. The fraction of sp³-hybridized carbons (Fsp3) is 0.200. The minimum absolute atomic E-state index is 0.0220. The number of benzene rings is 1. The Hall–Kier alpha value is -0.570. The van der Waals surface area contributed by atoms with Gasteiger partial charge in [0.2, 0.25) is 13.8 Å². The highest BCUT2D eigenvalue weighted by Crippen LogP contribution is 2.37. The topological polar surface area (TPSA) is 76.9 Å². The van der Waals surface area contributed by atoms with E-state index in [1.165, 1.54) is 36.9 Å². The zero-order valence-electron chi connectivity index (χ0n) is 10.1. The fourth-order valence-electron chi connectivity index (χ4n) is 1.45. The van der Waals surface area contributed by atoms with Gasteiger partial charge in [-0.05, 0) is 24.3 Å². The molecule has 1 heterocycles. The SMILES string of the molecule is O=S(=O)(NC(n1cncn1)C(Cl)(Cl)Cl)c1ccc(Cl)cc1. The van der Waals surface area contributed by atoms with E-state index in [-0.39, 0.29) is 4.90 Å². The highest BCUT2D eigenvalue weighted by molar-refractivity contribution is 7.89. The van der Waals surface area contributed by atoms with Crippen LogP contribution in [0.2, 0.25) is 5.02 Å². The lowest BCUT2D eigenvalue weighted by molar-refractivity contribution is 0.427. The van der Waals surface area contributed by atoms with E-state index in [1.54, 1.807) is 0 Å². The van der Waals surface area contributed by atoms with Crippen LogP contribution < -0.4 is 4.72 Å². The summed E-state index contributed by atoms with van der Waals surface area (Å²) in [6, 6.07) is 5.55. The molecule has 2 rings (SSSR count). The molecule has 1 atom stereocenters. The number of hydrogen-bond acceptors (Lipinski definition) is 4. The first kappa shape index (κ1) is 16.8. The van der Waals surface area contributed by atoms with Gasteiger partial charge >= 0.3 is 0 Å². The highest BCUT2D eigenvalue weighted by Gasteiger charge is 2.38. The number of sulfonamides is 1. The normalized spacial score (nSPS) is 14.1. The molecule has 1 N–H and O–H groups in total. The summed E-state index contributed by atoms with van der Waals surface area (Å²) in [7, 11) is -3.94. The molecule has 1 unspecified atom stereocenters. The average molecular weight is 390 g/mol. The van der Waals surface area contributed by atoms with Crippen molar-refractivity contribution in [3.8, 4) is 0 Å². The van der Waals surface area contributed by atoms with Crippen LogP contribution in [0.5, 0.6) is 0 Å². The van der Waals surface area contributed by atoms with Crippen LogP contribution in [0, 0.1) is 0 Å². The molecular weight excluding hydrogens is 382 g/mol. The summed E-state index contributed by atoms with van der Waals surface area (Å²) >= 11 is 23.1. The van der Waals surface area contributed by atoms with Crippen LogP contribution in [-0.2, 0) is 10.0 Å². The number of rotatable bonds is 4. The van der Waals surface area contributed by atoms with Gasteiger partial charge in [0.05, 0.1) is 4.90 Å². The summed E-state index contributed by atoms with van der Waals surface area (Å²) in [6.45, 7) is 0. The molecular formula is C10H8Cl4N4O2S. The molecule has 0 bridgehead atoms. The van der Waals surface area contributed by atoms with Crippen LogP contribution in [0.15, 0.2) is 41.8 Å². The molecule has 0 saturated heterocycles. The Morgan fingerprint density at radius 2 is 1.81 bits per heavy atom. The molecule has 1 aromatic heterocycles. The number of nitrogens with one attached hydrogen (secondary N) is 1. The molecule has 0 aliphatic carbocycles. The maximum atomic E-state index is 12.3. The van der Waals surface area contributed by atoms with E-state index in [0.29, 0.717) is 5.02 Å². The van der Waals surface area contributed by atoms with Gasteiger partial charge in [-0.1, -0.05) is 46.4 Å². The Labute approximate surface area is 141 Å². The predicted octanol–water partition coefficient (Wildman–Crippen LogP) is 2.78. The molecule has 11 heteroatoms. The summed E-state index contributed by atoms with van der Waals surface area (Å²) in [4.78, 5) is 3.67. The first-order chi connectivity index (χ1) is 9.70. The Morgan fingerprint density at radius 1 is 1.19 bits per heavy atom. The van der Waals surface area contributed by atoms with Crippen molar-refractivity contribution in [2.75, 3.05) is 0 Å². The van der Waals surface area contributed by atoms with Crippen LogP contribution in [0.4, 0.5) is 0 Å². The van der Waals surface area contributed by atoms with Gasteiger partial charge < -0.3 is 0 Å². The molecule has 0 aliphatic heterocycles. The van der Waals surface area contributed by atoms with E-state index in [4.69, 9.17) is 46.4 Å². The maximum absolute atomic E-state index is 12.3. The Morgan fingerprint density at radius 3 is 2.29 bits per heavy atom. The van der Waals surface area contributed by atoms with Crippen molar-refractivity contribution in [1.82, 2.24) is 19.5 Å². The van der Waals surface area contributed by atoms with Gasteiger partial charge in [-0.25, -0.2) is 18.1 Å². The Kier molecular flexibility index (Phi) is 5.02. The van der Waals surface area contributed by atoms with E-state index in [1.807, 2.05) is 0 Å². The Bertz CT molecular complexity index is 698. The predicted molar refractivity (Wildman–Crippen MR) is 81.1 cm³/mol. The first-order valence-electron chi connectivity index (χ1n) is 5.39. The Balaban J connectivity index is 2.34. The van der Waals surface area contributed by atoms with E-state index in [9.17, 15) is 8.42 Å². The standard InChI is InChI=1S/C10H8Cl4N4O2S/c11-7-1-3-8(4-2-7)21(19,20)17-9(10(12,13)14)18-6-15-5-16-18/h1-6,9,17H. The van der Waals surface area contributed by atoms with E-state index in [2.05, 4.69) is 14.8 Å². The summed E-state index contributed by atoms with van der Waals surface area (Å²) in [5.74, 6) is 0. The molecule has 0 spiro atoms. The summed E-state index contributed by atoms with van der Waals surface area (Å²) < 4.78 is 26.0. The second-order valence-electron chi connectivity index (χ2n) is 3.89. The van der Waals surface area contributed by atoms with Crippen LogP contribution in [0.3, 0.4) is 0 Å². The molecule has 114 valence electrons. The zero-order chi connectivity index (χ0) is 15.7. The number of alkyl halides is 3. The number of aromatic nitrogens is 3. The minimum Gasteiger partial charge on any atom is -0.230 e. The van der Waals surface area contributed by atoms with Gasteiger partial charge in [0, 0.05) is 5.02 Å².